The summed E-state index contributed by atoms with van der Waals surface area (Å²) in [7, 11) is 0. The van der Waals surface area contributed by atoms with Crippen molar-refractivity contribution in [2.75, 3.05) is 18.0 Å². The normalized spacial score (nSPS) is 22.5. The van der Waals surface area contributed by atoms with Gasteiger partial charge in [0.05, 0.1) is 0 Å². The predicted octanol–water partition coefficient (Wildman–Crippen LogP) is 1.76. The van der Waals surface area contributed by atoms with E-state index in [2.05, 4.69) is 10.3 Å². The summed E-state index contributed by atoms with van der Waals surface area (Å²) in [5, 5.41) is 3.33. The molecule has 0 aromatic heterocycles. The van der Waals surface area contributed by atoms with E-state index < -0.39 is 11.7 Å². The summed E-state index contributed by atoms with van der Waals surface area (Å²) in [5.41, 5.74) is 1.39. The van der Waals surface area contributed by atoms with E-state index in [-0.39, 0.29) is 6.04 Å². The van der Waals surface area contributed by atoms with Gasteiger partial charge in [-0.25, -0.2) is 0 Å². The van der Waals surface area contributed by atoms with Crippen LogP contribution in [0.2, 0.25) is 0 Å². The molecular formula is C14H15AsF3N3. The monoisotopic (exact) mass is 357 g/mol. The molecule has 0 aliphatic carbocycles. The van der Waals surface area contributed by atoms with E-state index in [1.807, 2.05) is 4.90 Å². The Morgan fingerprint density at radius 1 is 1.24 bits per heavy atom. The van der Waals surface area contributed by atoms with Crippen molar-refractivity contribution in [2.45, 2.75) is 18.6 Å². The Hall–Kier alpha value is -1.26. The molecule has 2 unspecified atom stereocenters. The van der Waals surface area contributed by atoms with Crippen LogP contribution in [0.1, 0.15) is 12.0 Å². The Balaban J connectivity index is 1.89. The van der Waals surface area contributed by atoms with Crippen LogP contribution in [0, 0.1) is 0 Å². The molecule has 0 spiro atoms. The van der Waals surface area contributed by atoms with Gasteiger partial charge in [0.2, 0.25) is 0 Å². The Morgan fingerprint density at radius 3 is 2.62 bits per heavy atom. The number of nitrogens with zero attached hydrogens (tertiary/aromatic N) is 2. The van der Waals surface area contributed by atoms with Crippen LogP contribution in [0.15, 0.2) is 39.3 Å². The van der Waals surface area contributed by atoms with Gasteiger partial charge in [-0.3, -0.25) is 0 Å². The molecule has 112 valence electrons. The third kappa shape index (κ3) is 2.87. The Bertz CT molecular complexity index is 592. The summed E-state index contributed by atoms with van der Waals surface area (Å²) >= 11 is 1.49. The number of benzene rings is 1. The van der Waals surface area contributed by atoms with Gasteiger partial charge < -0.3 is 0 Å². The van der Waals surface area contributed by atoms with E-state index in [0.717, 1.165) is 41.8 Å². The summed E-state index contributed by atoms with van der Waals surface area (Å²) in [6.45, 7) is 1.71. The molecule has 21 heavy (non-hydrogen) atoms. The van der Waals surface area contributed by atoms with E-state index in [9.17, 15) is 13.2 Å². The van der Waals surface area contributed by atoms with Crippen molar-refractivity contribution in [3.63, 3.8) is 0 Å². The number of nitrogens with one attached hydrogen (secondary N) is 1. The fourth-order valence-electron chi connectivity index (χ4n) is 2.67. The van der Waals surface area contributed by atoms with Crippen LogP contribution in [-0.4, -0.2) is 42.3 Å². The predicted molar refractivity (Wildman–Crippen MR) is 79.3 cm³/mol. The first-order chi connectivity index (χ1) is 9.97. The molecule has 2 atom stereocenters. The molecule has 0 saturated carbocycles. The number of hydrogen-bond donors (Lipinski definition) is 1. The van der Waals surface area contributed by atoms with Gasteiger partial charge in [-0.1, -0.05) is 0 Å². The molecule has 1 aromatic carbocycles. The molecule has 1 aromatic rings. The summed E-state index contributed by atoms with van der Waals surface area (Å²) in [4.78, 5) is 6.35. The minimum absolute atomic E-state index is 0.148. The van der Waals surface area contributed by atoms with Crippen molar-refractivity contribution in [2.24, 2.45) is 4.99 Å². The molecule has 2 heterocycles. The van der Waals surface area contributed by atoms with Gasteiger partial charge in [-0.05, 0) is 0 Å². The average Bonchev–Trinajstić information content (AvgIpc) is 2.47. The summed E-state index contributed by atoms with van der Waals surface area (Å²) in [6.07, 6.45) is -1.64. The fourth-order valence-corrected chi connectivity index (χ4v) is 3.52. The molecule has 1 N–H and O–H groups in total. The van der Waals surface area contributed by atoms with Crippen LogP contribution in [-0.2, 0) is 6.18 Å². The SMILES string of the molecule is FC(F)(F)c1ccc(N2C=NC([AsH2])=C3CCNCC32)cc1. The molecule has 0 amide bonds. The number of rotatable bonds is 1. The fraction of sp³-hybridized carbons (Fsp3) is 0.357. The minimum atomic E-state index is -4.30. The van der Waals surface area contributed by atoms with Gasteiger partial charge in [0.15, 0.2) is 0 Å². The van der Waals surface area contributed by atoms with Crippen molar-refractivity contribution >= 4 is 28.9 Å². The number of aliphatic imine (C=N–C) groups is 1. The first-order valence-corrected chi connectivity index (χ1v) is 7.87. The van der Waals surface area contributed by atoms with Gasteiger partial charge in [-0.15, -0.1) is 0 Å². The Labute approximate surface area is 129 Å². The maximum atomic E-state index is 12.6. The summed E-state index contributed by atoms with van der Waals surface area (Å²) in [5.74, 6) is 0. The van der Waals surface area contributed by atoms with E-state index in [1.54, 1.807) is 6.34 Å². The van der Waals surface area contributed by atoms with E-state index in [0.29, 0.717) is 0 Å². The zero-order chi connectivity index (χ0) is 15.0. The van der Waals surface area contributed by atoms with E-state index in [4.69, 9.17) is 0 Å². The first kappa shape index (κ1) is 14.7. The standard InChI is InChI=1S/C14H15AsF3N3/c15-13-11-5-6-19-7-12(11)21(8-20-13)10-3-1-9(2-4-10)14(16,17)18/h1-4,8,12,19H,5-7,15H2. The molecule has 3 nitrogen and oxygen atoms in total. The second-order valence-electron chi connectivity index (χ2n) is 5.08. The van der Waals surface area contributed by atoms with Gasteiger partial charge in [-0.2, -0.15) is 0 Å². The molecule has 2 aliphatic rings. The van der Waals surface area contributed by atoms with Gasteiger partial charge >= 0.3 is 129 Å². The van der Waals surface area contributed by atoms with Crippen molar-refractivity contribution in [3.8, 4) is 0 Å². The van der Waals surface area contributed by atoms with Crippen molar-refractivity contribution in [1.29, 1.82) is 0 Å². The Morgan fingerprint density at radius 2 is 1.95 bits per heavy atom. The molecule has 0 radical (unpaired) electrons. The number of anilines is 1. The second-order valence-corrected chi connectivity index (χ2v) is 6.22. The van der Waals surface area contributed by atoms with Crippen LogP contribution in [0.5, 0.6) is 0 Å². The van der Waals surface area contributed by atoms with E-state index in [1.165, 1.54) is 34.6 Å². The maximum absolute atomic E-state index is 12.6. The molecule has 3 rings (SSSR count). The molecule has 7 heteroatoms. The first-order valence-electron chi connectivity index (χ1n) is 6.66. The number of fused-ring (bicyclic) bond motifs is 1. The quantitative estimate of drug-likeness (QED) is 0.776. The number of alkyl halides is 3. The summed E-state index contributed by atoms with van der Waals surface area (Å²) in [6, 6.07) is 5.40. The summed E-state index contributed by atoms with van der Waals surface area (Å²) < 4.78 is 39.0. The van der Waals surface area contributed by atoms with Crippen molar-refractivity contribution in [1.82, 2.24) is 5.32 Å². The number of hydrogen-bond acceptors (Lipinski definition) is 3. The third-order valence-electron chi connectivity index (χ3n) is 3.79. The van der Waals surface area contributed by atoms with E-state index >= 15 is 0 Å². The molecule has 0 bridgehead atoms. The topological polar surface area (TPSA) is 27.6 Å². The zero-order valence-corrected chi connectivity index (χ0v) is 13.6. The second kappa shape index (κ2) is 5.50. The molecule has 2 aliphatic heterocycles. The van der Waals surface area contributed by atoms with Crippen LogP contribution >= 0.6 is 0 Å². The van der Waals surface area contributed by atoms with Gasteiger partial charge in [0.1, 0.15) is 0 Å². The van der Waals surface area contributed by atoms with Crippen LogP contribution in [0.3, 0.4) is 0 Å². The molecule has 1 saturated heterocycles. The Kier molecular flexibility index (Phi) is 3.84. The van der Waals surface area contributed by atoms with Crippen LogP contribution in [0.4, 0.5) is 18.9 Å². The zero-order valence-electron chi connectivity index (χ0n) is 11.2. The third-order valence-corrected chi connectivity index (χ3v) is 4.88. The van der Waals surface area contributed by atoms with Crippen LogP contribution < -0.4 is 10.2 Å². The molecular weight excluding hydrogens is 342 g/mol. The van der Waals surface area contributed by atoms with Crippen LogP contribution in [0.25, 0.3) is 0 Å². The van der Waals surface area contributed by atoms with Crippen molar-refractivity contribution < 1.29 is 13.2 Å². The number of piperidine rings is 1. The van der Waals surface area contributed by atoms with Gasteiger partial charge in [0, 0.05) is 0 Å². The van der Waals surface area contributed by atoms with Crippen molar-refractivity contribution in [3.05, 3.63) is 39.9 Å². The van der Waals surface area contributed by atoms with Gasteiger partial charge in [0.25, 0.3) is 0 Å². The average molecular weight is 357 g/mol. The molecule has 1 fully saturated rings. The number of halogens is 3.